The molecule has 1 N–H and O–H groups in total. The van der Waals surface area contributed by atoms with E-state index in [-0.39, 0.29) is 23.7 Å². The van der Waals surface area contributed by atoms with Gasteiger partial charge in [0.25, 0.3) is 0 Å². The second-order valence-corrected chi connectivity index (χ2v) is 11.7. The van der Waals surface area contributed by atoms with E-state index < -0.39 is 15.4 Å². The summed E-state index contributed by atoms with van der Waals surface area (Å²) in [5.74, 6) is 1.09. The number of aromatic nitrogens is 4. The summed E-state index contributed by atoms with van der Waals surface area (Å²) in [6.45, 7) is 5.56. The number of hydrogen-bond acceptors (Lipinski definition) is 8. The topological polar surface area (TPSA) is 108 Å². The SMILES string of the molecule is CC(C)OC1CCC(NC2(c3nnnn3CC3CCCO3)CCS(=O)(=O)CC2)CC1. The predicted molar refractivity (Wildman–Crippen MR) is 112 cm³/mol. The zero-order valence-electron chi connectivity index (χ0n) is 18.1. The summed E-state index contributed by atoms with van der Waals surface area (Å²) in [5, 5.41) is 16.4. The molecule has 0 radical (unpaired) electrons. The standard InChI is InChI=1S/C20H35N5O4S/c1-15(2)29-17-7-5-16(6-8-17)21-20(9-12-30(26,27)13-10-20)19-22-23-24-25(19)14-18-4-3-11-28-18/h15-18,21H,3-14H2,1-2H3. The van der Waals surface area contributed by atoms with Gasteiger partial charge in [0.1, 0.15) is 9.84 Å². The van der Waals surface area contributed by atoms with E-state index in [4.69, 9.17) is 9.47 Å². The molecule has 9 nitrogen and oxygen atoms in total. The van der Waals surface area contributed by atoms with Crippen molar-refractivity contribution in [3.63, 3.8) is 0 Å². The van der Waals surface area contributed by atoms with Crippen molar-refractivity contribution in [2.45, 2.75) is 102 Å². The van der Waals surface area contributed by atoms with Crippen LogP contribution < -0.4 is 5.32 Å². The van der Waals surface area contributed by atoms with Crippen LogP contribution in [0.15, 0.2) is 0 Å². The van der Waals surface area contributed by atoms with Gasteiger partial charge in [0.05, 0.1) is 41.9 Å². The quantitative estimate of drug-likeness (QED) is 0.679. The molecule has 1 aromatic rings. The maximum Gasteiger partial charge on any atom is 0.171 e. The Labute approximate surface area is 179 Å². The Morgan fingerprint density at radius 1 is 1.20 bits per heavy atom. The fourth-order valence-electron chi connectivity index (χ4n) is 5.09. The summed E-state index contributed by atoms with van der Waals surface area (Å²) >= 11 is 0. The molecule has 170 valence electrons. The highest BCUT2D eigenvalue weighted by molar-refractivity contribution is 7.91. The van der Waals surface area contributed by atoms with E-state index in [0.29, 0.717) is 31.5 Å². The van der Waals surface area contributed by atoms with Crippen molar-refractivity contribution < 1.29 is 17.9 Å². The minimum Gasteiger partial charge on any atom is -0.376 e. The number of tetrazole rings is 1. The van der Waals surface area contributed by atoms with Crippen LogP contribution in [0.4, 0.5) is 0 Å². The molecule has 1 atom stereocenters. The van der Waals surface area contributed by atoms with Crippen LogP contribution >= 0.6 is 0 Å². The highest BCUT2D eigenvalue weighted by atomic mass is 32.2. The van der Waals surface area contributed by atoms with Crippen molar-refractivity contribution in [2.75, 3.05) is 18.1 Å². The molecule has 1 saturated carbocycles. The van der Waals surface area contributed by atoms with Crippen LogP contribution in [-0.4, -0.2) is 71.1 Å². The smallest absolute Gasteiger partial charge is 0.171 e. The molecule has 3 aliphatic rings. The van der Waals surface area contributed by atoms with Crippen LogP contribution in [-0.2, 0) is 31.4 Å². The lowest BCUT2D eigenvalue weighted by molar-refractivity contribution is -0.0186. The molecule has 30 heavy (non-hydrogen) atoms. The number of sulfone groups is 1. The monoisotopic (exact) mass is 441 g/mol. The fraction of sp³-hybridized carbons (Fsp3) is 0.950. The summed E-state index contributed by atoms with van der Waals surface area (Å²) in [4.78, 5) is 0. The number of nitrogens with zero attached hydrogens (tertiary/aromatic N) is 4. The molecule has 1 aromatic heterocycles. The lowest BCUT2D eigenvalue weighted by atomic mass is 9.86. The fourth-order valence-corrected chi connectivity index (χ4v) is 6.61. The summed E-state index contributed by atoms with van der Waals surface area (Å²) in [6, 6.07) is 0.311. The van der Waals surface area contributed by atoms with Gasteiger partial charge in [0.2, 0.25) is 0 Å². The number of nitrogens with one attached hydrogen (secondary N) is 1. The Morgan fingerprint density at radius 2 is 1.93 bits per heavy atom. The molecule has 0 aromatic carbocycles. The zero-order valence-corrected chi connectivity index (χ0v) is 18.9. The van der Waals surface area contributed by atoms with Crippen LogP contribution in [0.25, 0.3) is 0 Å². The maximum absolute atomic E-state index is 12.2. The third-order valence-electron chi connectivity index (χ3n) is 6.66. The maximum atomic E-state index is 12.2. The van der Waals surface area contributed by atoms with Crippen molar-refractivity contribution in [1.82, 2.24) is 25.5 Å². The van der Waals surface area contributed by atoms with E-state index in [1.54, 1.807) is 0 Å². The van der Waals surface area contributed by atoms with Gasteiger partial charge >= 0.3 is 0 Å². The second kappa shape index (κ2) is 9.18. The molecule has 0 bridgehead atoms. The molecule has 4 rings (SSSR count). The second-order valence-electron chi connectivity index (χ2n) is 9.36. The van der Waals surface area contributed by atoms with Gasteiger partial charge in [0.15, 0.2) is 5.82 Å². The van der Waals surface area contributed by atoms with Crippen LogP contribution in [0.5, 0.6) is 0 Å². The van der Waals surface area contributed by atoms with Crippen molar-refractivity contribution >= 4 is 9.84 Å². The minimum absolute atomic E-state index is 0.125. The molecular formula is C20H35N5O4S. The number of rotatable bonds is 7. The van der Waals surface area contributed by atoms with Gasteiger partial charge in [-0.25, -0.2) is 13.1 Å². The van der Waals surface area contributed by atoms with Gasteiger partial charge in [-0.15, -0.1) is 5.10 Å². The normalized spacial score (nSPS) is 31.2. The van der Waals surface area contributed by atoms with Gasteiger partial charge < -0.3 is 14.8 Å². The number of ether oxygens (including phenoxy) is 2. The summed E-state index contributed by atoms with van der Waals surface area (Å²) in [7, 11) is -3.01. The molecule has 0 spiro atoms. The van der Waals surface area contributed by atoms with E-state index in [0.717, 1.165) is 51.0 Å². The molecule has 3 heterocycles. The first-order valence-corrected chi connectivity index (χ1v) is 13.2. The van der Waals surface area contributed by atoms with Gasteiger partial charge in [-0.3, -0.25) is 0 Å². The minimum atomic E-state index is -3.01. The van der Waals surface area contributed by atoms with Crippen molar-refractivity contribution in [3.05, 3.63) is 5.82 Å². The molecule has 2 aliphatic heterocycles. The Hall–Kier alpha value is -1.10. The van der Waals surface area contributed by atoms with Gasteiger partial charge in [-0.05, 0) is 75.6 Å². The van der Waals surface area contributed by atoms with Crippen molar-refractivity contribution in [3.8, 4) is 0 Å². The molecule has 0 amide bonds. The largest absolute Gasteiger partial charge is 0.376 e. The van der Waals surface area contributed by atoms with E-state index >= 15 is 0 Å². The molecule has 2 saturated heterocycles. The van der Waals surface area contributed by atoms with Gasteiger partial charge in [0, 0.05) is 12.6 Å². The van der Waals surface area contributed by atoms with Crippen LogP contribution in [0.2, 0.25) is 0 Å². The zero-order chi connectivity index (χ0) is 21.2. The van der Waals surface area contributed by atoms with Gasteiger partial charge in [-0.1, -0.05) is 0 Å². The lowest BCUT2D eigenvalue weighted by Gasteiger charge is -2.41. The molecule has 1 aliphatic carbocycles. The summed E-state index contributed by atoms with van der Waals surface area (Å²) in [6.07, 6.45) is 7.83. The van der Waals surface area contributed by atoms with E-state index in [9.17, 15) is 8.42 Å². The van der Waals surface area contributed by atoms with Crippen molar-refractivity contribution in [1.29, 1.82) is 0 Å². The number of hydrogen-bond donors (Lipinski definition) is 1. The summed E-state index contributed by atoms with van der Waals surface area (Å²) < 4.78 is 38.0. The molecule has 1 unspecified atom stereocenters. The molecular weight excluding hydrogens is 406 g/mol. The summed E-state index contributed by atoms with van der Waals surface area (Å²) in [5.41, 5.74) is -0.510. The van der Waals surface area contributed by atoms with Crippen molar-refractivity contribution in [2.24, 2.45) is 0 Å². The van der Waals surface area contributed by atoms with E-state index in [1.807, 2.05) is 4.68 Å². The first kappa shape index (κ1) is 22.1. The Morgan fingerprint density at radius 3 is 2.57 bits per heavy atom. The first-order valence-electron chi connectivity index (χ1n) is 11.4. The Kier molecular flexibility index (Phi) is 6.76. The molecule has 3 fully saturated rings. The highest BCUT2D eigenvalue weighted by Crippen LogP contribution is 2.35. The van der Waals surface area contributed by atoms with Crippen LogP contribution in [0, 0.1) is 0 Å². The molecule has 10 heteroatoms. The Bertz CT molecular complexity index is 784. The first-order chi connectivity index (χ1) is 14.4. The van der Waals surface area contributed by atoms with E-state index in [2.05, 4.69) is 34.7 Å². The predicted octanol–water partition coefficient (Wildman–Crippen LogP) is 1.58. The van der Waals surface area contributed by atoms with E-state index in [1.165, 1.54) is 0 Å². The lowest BCUT2D eigenvalue weighted by Crippen LogP contribution is -2.54. The Balaban J connectivity index is 1.50. The third kappa shape index (κ3) is 5.20. The van der Waals surface area contributed by atoms with Crippen LogP contribution in [0.3, 0.4) is 0 Å². The van der Waals surface area contributed by atoms with Crippen LogP contribution in [0.1, 0.15) is 71.0 Å². The highest BCUT2D eigenvalue weighted by Gasteiger charge is 2.44. The van der Waals surface area contributed by atoms with Gasteiger partial charge in [-0.2, -0.15) is 0 Å². The average Bonchev–Trinajstić information content (AvgIpc) is 3.38. The average molecular weight is 442 g/mol. The third-order valence-corrected chi connectivity index (χ3v) is 8.31.